The minimum Gasteiger partial charge on any atom is -0.454 e. The Bertz CT molecular complexity index is 550. The van der Waals surface area contributed by atoms with Gasteiger partial charge in [-0.1, -0.05) is 0 Å². The Morgan fingerprint density at radius 3 is 2.86 bits per heavy atom. The third-order valence-corrected chi connectivity index (χ3v) is 4.45. The van der Waals surface area contributed by atoms with Crippen LogP contribution in [0.3, 0.4) is 0 Å². The van der Waals surface area contributed by atoms with E-state index in [1.165, 1.54) is 6.42 Å². The second-order valence-electron chi connectivity index (χ2n) is 6.05. The van der Waals surface area contributed by atoms with E-state index in [0.717, 1.165) is 38.1 Å². The number of ether oxygens (including phenoxy) is 2. The van der Waals surface area contributed by atoms with E-state index in [0.29, 0.717) is 23.4 Å². The van der Waals surface area contributed by atoms with Crippen molar-refractivity contribution in [1.82, 2.24) is 10.2 Å². The lowest BCUT2D eigenvalue weighted by Gasteiger charge is -2.26. The molecular weight excluding hydrogens is 268 g/mol. The van der Waals surface area contributed by atoms with Crippen molar-refractivity contribution in [3.8, 4) is 11.5 Å². The van der Waals surface area contributed by atoms with Gasteiger partial charge in [0.15, 0.2) is 11.5 Å². The summed E-state index contributed by atoms with van der Waals surface area (Å²) in [6, 6.07) is 6.35. The molecule has 2 heterocycles. The number of carbonyl (C=O) groups is 1. The summed E-state index contributed by atoms with van der Waals surface area (Å²) in [5.41, 5.74) is 0.698. The Hall–Kier alpha value is -1.75. The highest BCUT2D eigenvalue weighted by Gasteiger charge is 2.35. The molecule has 1 amide bonds. The minimum atomic E-state index is 0.115. The van der Waals surface area contributed by atoms with E-state index in [-0.39, 0.29) is 12.7 Å². The zero-order chi connectivity index (χ0) is 14.2. The summed E-state index contributed by atoms with van der Waals surface area (Å²) < 4.78 is 10.7. The van der Waals surface area contributed by atoms with Crippen molar-refractivity contribution >= 4 is 5.91 Å². The third kappa shape index (κ3) is 2.58. The van der Waals surface area contributed by atoms with Crippen molar-refractivity contribution in [3.05, 3.63) is 23.8 Å². The minimum absolute atomic E-state index is 0.115. The van der Waals surface area contributed by atoms with Crippen molar-refractivity contribution in [2.45, 2.75) is 37.8 Å². The second kappa shape index (κ2) is 5.22. The number of benzene rings is 1. The van der Waals surface area contributed by atoms with Crippen LogP contribution in [0.15, 0.2) is 18.2 Å². The van der Waals surface area contributed by atoms with Crippen LogP contribution < -0.4 is 14.8 Å². The van der Waals surface area contributed by atoms with Crippen molar-refractivity contribution in [1.29, 1.82) is 0 Å². The zero-order valence-electron chi connectivity index (χ0n) is 12.0. The molecule has 2 aliphatic heterocycles. The molecular formula is C16H20N2O3. The Morgan fingerprint density at radius 1 is 1.24 bits per heavy atom. The summed E-state index contributed by atoms with van der Waals surface area (Å²) >= 11 is 0. The zero-order valence-corrected chi connectivity index (χ0v) is 12.0. The highest BCUT2D eigenvalue weighted by molar-refractivity contribution is 5.95. The SMILES string of the molecule is O=C(c1ccc2c(c1)OCO2)N(CC1CCCN1)C1CC1. The average molecular weight is 288 g/mol. The number of nitrogens with one attached hydrogen (secondary N) is 1. The molecule has 0 aromatic heterocycles. The van der Waals surface area contributed by atoms with E-state index >= 15 is 0 Å². The van der Waals surface area contributed by atoms with Crippen LogP contribution in [-0.4, -0.2) is 42.8 Å². The molecule has 1 saturated heterocycles. The van der Waals surface area contributed by atoms with E-state index in [9.17, 15) is 4.79 Å². The summed E-state index contributed by atoms with van der Waals surface area (Å²) in [6.07, 6.45) is 4.63. The molecule has 0 bridgehead atoms. The monoisotopic (exact) mass is 288 g/mol. The quantitative estimate of drug-likeness (QED) is 0.917. The van der Waals surface area contributed by atoms with E-state index in [4.69, 9.17) is 9.47 Å². The van der Waals surface area contributed by atoms with Crippen LogP contribution in [0.5, 0.6) is 11.5 Å². The van der Waals surface area contributed by atoms with Gasteiger partial charge in [0.2, 0.25) is 6.79 Å². The standard InChI is InChI=1S/C16H20N2O3/c19-16(11-3-6-14-15(8-11)21-10-20-14)18(13-4-5-13)9-12-2-1-7-17-12/h3,6,8,12-13,17H,1-2,4-5,7,9-10H2. The fourth-order valence-corrected chi connectivity index (χ4v) is 3.13. The third-order valence-electron chi connectivity index (χ3n) is 4.45. The molecule has 1 aromatic rings. The maximum Gasteiger partial charge on any atom is 0.254 e. The summed E-state index contributed by atoms with van der Waals surface area (Å²) in [5.74, 6) is 1.52. The molecule has 5 nitrogen and oxygen atoms in total. The van der Waals surface area contributed by atoms with Gasteiger partial charge in [0.25, 0.3) is 5.91 Å². The molecule has 1 atom stereocenters. The van der Waals surface area contributed by atoms with Gasteiger partial charge in [-0.2, -0.15) is 0 Å². The Morgan fingerprint density at radius 2 is 2.10 bits per heavy atom. The smallest absolute Gasteiger partial charge is 0.254 e. The van der Waals surface area contributed by atoms with Crippen LogP contribution in [0.25, 0.3) is 0 Å². The number of hydrogen-bond acceptors (Lipinski definition) is 4. The van der Waals surface area contributed by atoms with Crippen molar-refractivity contribution in [2.75, 3.05) is 19.9 Å². The number of hydrogen-bond donors (Lipinski definition) is 1. The molecule has 1 saturated carbocycles. The first-order chi connectivity index (χ1) is 10.3. The Labute approximate surface area is 124 Å². The Kier molecular flexibility index (Phi) is 3.22. The first-order valence-corrected chi connectivity index (χ1v) is 7.75. The lowest BCUT2D eigenvalue weighted by molar-refractivity contribution is 0.0728. The molecule has 5 heteroatoms. The summed E-state index contributed by atoms with van der Waals surface area (Å²) in [5, 5.41) is 3.48. The van der Waals surface area contributed by atoms with Crippen molar-refractivity contribution < 1.29 is 14.3 Å². The molecule has 21 heavy (non-hydrogen) atoms. The predicted octanol–water partition coefficient (Wildman–Crippen LogP) is 1.77. The summed E-state index contributed by atoms with van der Waals surface area (Å²) in [4.78, 5) is 14.9. The van der Waals surface area contributed by atoms with Crippen LogP contribution in [0.1, 0.15) is 36.0 Å². The van der Waals surface area contributed by atoms with Crippen LogP contribution in [0.2, 0.25) is 0 Å². The van der Waals surface area contributed by atoms with E-state index < -0.39 is 0 Å². The maximum absolute atomic E-state index is 12.8. The van der Waals surface area contributed by atoms with Gasteiger partial charge in [0.05, 0.1) is 0 Å². The van der Waals surface area contributed by atoms with E-state index in [2.05, 4.69) is 5.32 Å². The van der Waals surface area contributed by atoms with Crippen LogP contribution in [0, 0.1) is 0 Å². The molecule has 4 rings (SSSR count). The molecule has 112 valence electrons. The van der Waals surface area contributed by atoms with E-state index in [1.807, 2.05) is 23.1 Å². The van der Waals surface area contributed by atoms with Gasteiger partial charge in [-0.3, -0.25) is 4.79 Å². The highest BCUT2D eigenvalue weighted by atomic mass is 16.7. The largest absolute Gasteiger partial charge is 0.454 e. The van der Waals surface area contributed by atoms with Crippen LogP contribution >= 0.6 is 0 Å². The summed E-state index contributed by atoms with van der Waals surface area (Å²) in [6.45, 7) is 2.13. The van der Waals surface area contributed by atoms with Gasteiger partial charge >= 0.3 is 0 Å². The number of fused-ring (bicyclic) bond motifs is 1. The second-order valence-corrected chi connectivity index (χ2v) is 6.05. The fraction of sp³-hybridized carbons (Fsp3) is 0.562. The van der Waals surface area contributed by atoms with Crippen LogP contribution in [-0.2, 0) is 0 Å². The molecule has 3 aliphatic rings. The molecule has 1 aliphatic carbocycles. The van der Waals surface area contributed by atoms with Gasteiger partial charge in [0, 0.05) is 24.2 Å². The molecule has 0 spiro atoms. The lowest BCUT2D eigenvalue weighted by atomic mass is 10.1. The van der Waals surface area contributed by atoms with Gasteiger partial charge in [-0.25, -0.2) is 0 Å². The number of amides is 1. The van der Waals surface area contributed by atoms with Gasteiger partial charge < -0.3 is 19.7 Å². The highest BCUT2D eigenvalue weighted by Crippen LogP contribution is 2.34. The first-order valence-electron chi connectivity index (χ1n) is 7.75. The number of rotatable bonds is 4. The maximum atomic E-state index is 12.8. The Balaban J connectivity index is 1.53. The first kappa shape index (κ1) is 13.0. The fourth-order valence-electron chi connectivity index (χ4n) is 3.13. The average Bonchev–Trinajstić information content (AvgIpc) is 3.02. The normalized spacial score (nSPS) is 23.3. The summed E-state index contributed by atoms with van der Waals surface area (Å²) in [7, 11) is 0. The van der Waals surface area contributed by atoms with Gasteiger partial charge in [-0.05, 0) is 50.4 Å². The molecule has 0 radical (unpaired) electrons. The van der Waals surface area contributed by atoms with Crippen molar-refractivity contribution in [2.24, 2.45) is 0 Å². The molecule has 1 N–H and O–H groups in total. The molecule has 2 fully saturated rings. The predicted molar refractivity (Wildman–Crippen MR) is 77.6 cm³/mol. The van der Waals surface area contributed by atoms with Gasteiger partial charge in [-0.15, -0.1) is 0 Å². The molecule has 1 unspecified atom stereocenters. The number of carbonyl (C=O) groups excluding carboxylic acids is 1. The van der Waals surface area contributed by atoms with E-state index in [1.54, 1.807) is 0 Å². The van der Waals surface area contributed by atoms with Gasteiger partial charge in [0.1, 0.15) is 0 Å². The number of nitrogens with zero attached hydrogens (tertiary/aromatic N) is 1. The van der Waals surface area contributed by atoms with Crippen molar-refractivity contribution in [3.63, 3.8) is 0 Å². The van der Waals surface area contributed by atoms with Crippen LogP contribution in [0.4, 0.5) is 0 Å². The lowest BCUT2D eigenvalue weighted by Crippen LogP contribution is -2.42. The molecule has 1 aromatic carbocycles. The topological polar surface area (TPSA) is 50.8 Å².